The highest BCUT2D eigenvalue weighted by molar-refractivity contribution is 7.12. The van der Waals surface area contributed by atoms with E-state index in [2.05, 4.69) is 20.8 Å². The third-order valence-electron chi connectivity index (χ3n) is 3.19. The fourth-order valence-electron chi connectivity index (χ4n) is 2.01. The van der Waals surface area contributed by atoms with E-state index in [1.54, 1.807) is 11.4 Å². The number of carbonyl (C=O) groups excluding carboxylic acids is 2. The van der Waals surface area contributed by atoms with E-state index >= 15 is 0 Å². The van der Waals surface area contributed by atoms with Gasteiger partial charge in [0.15, 0.2) is 6.61 Å². The average molecular weight is 409 g/mol. The number of nitro groups is 1. The van der Waals surface area contributed by atoms with Crippen LogP contribution < -0.4 is 5.32 Å². The quantitative estimate of drug-likeness (QED) is 0.371. The van der Waals surface area contributed by atoms with Crippen LogP contribution in [0.2, 0.25) is 5.02 Å². The number of aromatic nitrogens is 4. The maximum absolute atomic E-state index is 12.2. The Morgan fingerprint density at radius 3 is 2.89 bits per heavy atom. The predicted molar refractivity (Wildman–Crippen MR) is 94.0 cm³/mol. The lowest BCUT2D eigenvalue weighted by molar-refractivity contribution is -0.384. The van der Waals surface area contributed by atoms with Gasteiger partial charge in [-0.05, 0) is 27.9 Å². The minimum atomic E-state index is -0.740. The molecule has 0 bridgehead atoms. The van der Waals surface area contributed by atoms with Crippen LogP contribution in [0.4, 0.5) is 11.4 Å². The maximum Gasteiger partial charge on any atom is 0.351 e. The fraction of sp³-hybridized carbons (Fsp3) is 0.0714. The van der Waals surface area contributed by atoms with Gasteiger partial charge in [0.2, 0.25) is 0 Å². The van der Waals surface area contributed by atoms with Gasteiger partial charge in [0.1, 0.15) is 11.2 Å². The van der Waals surface area contributed by atoms with Gasteiger partial charge in [0, 0.05) is 12.1 Å². The molecule has 0 fully saturated rings. The molecule has 0 saturated heterocycles. The molecule has 0 aliphatic rings. The number of nitro benzene ring substituents is 1. The Balaban J connectivity index is 1.63. The Kier molecular flexibility index (Phi) is 5.38. The standard InChI is InChI=1S/C14H9ClN6O5S/c15-9-2-1-8(21(24)25)5-10(9)17-12(22)6-26-14(23)13-11(3-4-27-13)20-7-16-18-19-20/h1-5,7H,6H2,(H,17,22). The number of tetrazole rings is 1. The number of benzene rings is 1. The van der Waals surface area contributed by atoms with Crippen molar-refractivity contribution in [2.45, 2.75) is 0 Å². The van der Waals surface area contributed by atoms with Gasteiger partial charge in [-0.15, -0.1) is 16.4 Å². The van der Waals surface area contributed by atoms with Gasteiger partial charge in [0.25, 0.3) is 11.6 Å². The van der Waals surface area contributed by atoms with E-state index in [1.807, 2.05) is 0 Å². The molecule has 0 unspecified atom stereocenters. The first-order valence-electron chi connectivity index (χ1n) is 7.17. The molecule has 0 spiro atoms. The third-order valence-corrected chi connectivity index (χ3v) is 4.41. The molecule has 138 valence electrons. The smallest absolute Gasteiger partial charge is 0.351 e. The summed E-state index contributed by atoms with van der Waals surface area (Å²) in [5, 5.41) is 25.6. The zero-order valence-electron chi connectivity index (χ0n) is 13.2. The van der Waals surface area contributed by atoms with E-state index in [1.165, 1.54) is 23.1 Å². The third kappa shape index (κ3) is 4.24. The van der Waals surface area contributed by atoms with Crippen LogP contribution in [0.15, 0.2) is 36.0 Å². The Hall–Kier alpha value is -3.38. The molecule has 1 N–H and O–H groups in total. The van der Waals surface area contributed by atoms with Gasteiger partial charge < -0.3 is 10.1 Å². The number of halogens is 1. The molecular formula is C14H9ClN6O5S. The van der Waals surface area contributed by atoms with Crippen molar-refractivity contribution in [1.29, 1.82) is 0 Å². The van der Waals surface area contributed by atoms with Crippen LogP contribution in [0, 0.1) is 10.1 Å². The van der Waals surface area contributed by atoms with Crippen LogP contribution in [-0.2, 0) is 9.53 Å². The highest BCUT2D eigenvalue weighted by Crippen LogP contribution is 2.26. The molecule has 0 saturated carbocycles. The molecule has 2 heterocycles. The molecule has 27 heavy (non-hydrogen) atoms. The zero-order chi connectivity index (χ0) is 19.4. The lowest BCUT2D eigenvalue weighted by Crippen LogP contribution is -2.21. The van der Waals surface area contributed by atoms with Crippen molar-refractivity contribution in [1.82, 2.24) is 20.2 Å². The Labute approximate surface area is 159 Å². The molecule has 3 rings (SSSR count). The topological polar surface area (TPSA) is 142 Å². The first-order valence-corrected chi connectivity index (χ1v) is 8.43. The van der Waals surface area contributed by atoms with Crippen molar-refractivity contribution in [3.63, 3.8) is 0 Å². The number of hydrogen-bond acceptors (Lipinski definition) is 9. The van der Waals surface area contributed by atoms with Crippen LogP contribution >= 0.6 is 22.9 Å². The first-order chi connectivity index (χ1) is 13.0. The van der Waals surface area contributed by atoms with Crippen LogP contribution in [0.1, 0.15) is 9.67 Å². The van der Waals surface area contributed by atoms with Crippen molar-refractivity contribution < 1.29 is 19.2 Å². The van der Waals surface area contributed by atoms with Crippen molar-refractivity contribution in [2.75, 3.05) is 11.9 Å². The minimum Gasteiger partial charge on any atom is -0.451 e. The maximum atomic E-state index is 12.2. The molecule has 0 atom stereocenters. The number of ether oxygens (including phenoxy) is 1. The molecule has 13 heteroatoms. The number of rotatable bonds is 6. The Bertz CT molecular complexity index is 1010. The Morgan fingerprint density at radius 2 is 2.19 bits per heavy atom. The predicted octanol–water partition coefficient (Wildman–Crippen LogP) is 2.08. The molecule has 0 aliphatic carbocycles. The van der Waals surface area contributed by atoms with Crippen LogP contribution in [0.5, 0.6) is 0 Å². The van der Waals surface area contributed by atoms with Crippen LogP contribution in [0.3, 0.4) is 0 Å². The lowest BCUT2D eigenvalue weighted by Gasteiger charge is -2.08. The van der Waals surface area contributed by atoms with E-state index in [0.29, 0.717) is 5.69 Å². The van der Waals surface area contributed by atoms with E-state index in [-0.39, 0.29) is 21.3 Å². The molecule has 1 aromatic carbocycles. The summed E-state index contributed by atoms with van der Waals surface area (Å²) in [5.41, 5.74) is 0.214. The highest BCUT2D eigenvalue weighted by Gasteiger charge is 2.19. The van der Waals surface area contributed by atoms with Crippen molar-refractivity contribution in [3.8, 4) is 5.69 Å². The highest BCUT2D eigenvalue weighted by atomic mass is 35.5. The number of nitrogens with zero attached hydrogens (tertiary/aromatic N) is 5. The molecular weight excluding hydrogens is 400 g/mol. The summed E-state index contributed by atoms with van der Waals surface area (Å²) < 4.78 is 6.26. The molecule has 0 aliphatic heterocycles. The van der Waals surface area contributed by atoms with E-state index in [4.69, 9.17) is 16.3 Å². The second kappa shape index (κ2) is 7.88. The van der Waals surface area contributed by atoms with Crippen LogP contribution in [0.25, 0.3) is 5.69 Å². The molecule has 11 nitrogen and oxygen atoms in total. The zero-order valence-corrected chi connectivity index (χ0v) is 14.8. The number of carbonyl (C=O) groups is 2. The molecule has 3 aromatic rings. The number of thiophene rings is 1. The number of esters is 1. The summed E-state index contributed by atoms with van der Waals surface area (Å²) in [6, 6.07) is 5.22. The summed E-state index contributed by atoms with van der Waals surface area (Å²) in [5.74, 6) is -1.44. The van der Waals surface area contributed by atoms with Gasteiger partial charge in [0.05, 0.1) is 21.3 Å². The number of hydrogen-bond donors (Lipinski definition) is 1. The van der Waals surface area contributed by atoms with E-state index < -0.39 is 23.4 Å². The average Bonchev–Trinajstić information content (AvgIpc) is 3.32. The van der Waals surface area contributed by atoms with Gasteiger partial charge in [-0.3, -0.25) is 14.9 Å². The summed E-state index contributed by atoms with van der Waals surface area (Å²) >= 11 is 7.00. The Morgan fingerprint density at radius 1 is 1.37 bits per heavy atom. The minimum absolute atomic E-state index is 0.0393. The van der Waals surface area contributed by atoms with Gasteiger partial charge in [-0.2, -0.15) is 4.68 Å². The molecule has 1 amide bonds. The van der Waals surface area contributed by atoms with Gasteiger partial charge in [-0.25, -0.2) is 4.79 Å². The second-order valence-corrected chi connectivity index (χ2v) is 6.26. The summed E-state index contributed by atoms with van der Waals surface area (Å²) in [4.78, 5) is 34.6. The largest absolute Gasteiger partial charge is 0.451 e. The van der Waals surface area contributed by atoms with Gasteiger partial charge >= 0.3 is 5.97 Å². The molecule has 2 aromatic heterocycles. The SMILES string of the molecule is O=C(COC(=O)c1sccc1-n1cnnn1)Nc1cc([N+](=O)[O-])ccc1Cl. The van der Waals surface area contributed by atoms with Crippen molar-refractivity contribution in [3.05, 3.63) is 56.0 Å². The normalized spacial score (nSPS) is 10.4. The number of anilines is 1. The summed E-state index contributed by atoms with van der Waals surface area (Å²) in [6.07, 6.45) is 1.32. The summed E-state index contributed by atoms with van der Waals surface area (Å²) in [7, 11) is 0. The van der Waals surface area contributed by atoms with Crippen molar-refractivity contribution >= 4 is 46.2 Å². The lowest BCUT2D eigenvalue weighted by atomic mass is 10.3. The van der Waals surface area contributed by atoms with Gasteiger partial charge in [-0.1, -0.05) is 11.6 Å². The van der Waals surface area contributed by atoms with Crippen molar-refractivity contribution in [2.24, 2.45) is 0 Å². The van der Waals surface area contributed by atoms with E-state index in [9.17, 15) is 19.7 Å². The molecule has 0 radical (unpaired) electrons. The van der Waals surface area contributed by atoms with E-state index in [0.717, 1.165) is 17.4 Å². The van der Waals surface area contributed by atoms with Crippen LogP contribution in [-0.4, -0.2) is 43.6 Å². The number of nitrogens with one attached hydrogen (secondary N) is 1. The summed E-state index contributed by atoms with van der Waals surface area (Å²) in [6.45, 7) is -0.606. The number of amides is 1. The first kappa shape index (κ1) is 18.4. The second-order valence-electron chi connectivity index (χ2n) is 4.93. The monoisotopic (exact) mass is 408 g/mol. The number of non-ortho nitro benzene ring substituents is 1. The fourth-order valence-corrected chi connectivity index (χ4v) is 2.95.